The average molecular weight is 226 g/mol. The summed E-state index contributed by atoms with van der Waals surface area (Å²) in [4.78, 5) is 26.8. The molecule has 1 amide bonds. The molecule has 16 heavy (non-hydrogen) atoms. The van der Waals surface area contributed by atoms with Gasteiger partial charge in [-0.05, 0) is 25.8 Å². The van der Waals surface area contributed by atoms with Crippen LogP contribution in [0.3, 0.4) is 0 Å². The third-order valence-corrected chi connectivity index (χ3v) is 2.81. The number of carbonyl (C=O) groups excluding carboxylic acids is 2. The van der Waals surface area contributed by atoms with E-state index in [-0.39, 0.29) is 11.8 Å². The van der Waals surface area contributed by atoms with E-state index in [1.165, 1.54) is 0 Å². The normalized spacial score (nSPS) is 15.2. The van der Waals surface area contributed by atoms with Gasteiger partial charge in [-0.3, -0.25) is 14.5 Å². The first-order valence-electron chi connectivity index (χ1n) is 5.99. The summed E-state index contributed by atoms with van der Waals surface area (Å²) in [7, 11) is 3.49. The summed E-state index contributed by atoms with van der Waals surface area (Å²) in [6.45, 7) is 3.68. The molecule has 1 aliphatic rings. The van der Waals surface area contributed by atoms with E-state index in [2.05, 4.69) is 6.92 Å². The smallest absolute Gasteiger partial charge is 0.236 e. The molecular formula is C12H22N2O2. The van der Waals surface area contributed by atoms with Crippen molar-refractivity contribution in [3.63, 3.8) is 0 Å². The molecule has 0 N–H and O–H groups in total. The van der Waals surface area contributed by atoms with E-state index >= 15 is 0 Å². The van der Waals surface area contributed by atoms with E-state index in [0.29, 0.717) is 18.9 Å². The van der Waals surface area contributed by atoms with Crippen LogP contribution in [0.5, 0.6) is 0 Å². The Morgan fingerprint density at radius 2 is 1.81 bits per heavy atom. The number of hydrogen-bond donors (Lipinski definition) is 0. The largest absolute Gasteiger partial charge is 0.348 e. The molecule has 1 rings (SSSR count). The first-order chi connectivity index (χ1) is 7.54. The maximum absolute atomic E-state index is 11.7. The monoisotopic (exact) mass is 226 g/mol. The molecule has 1 saturated carbocycles. The lowest BCUT2D eigenvalue weighted by Gasteiger charge is -2.22. The minimum atomic E-state index is 0.0667. The highest BCUT2D eigenvalue weighted by Crippen LogP contribution is 2.29. The summed E-state index contributed by atoms with van der Waals surface area (Å²) in [6.07, 6.45) is 3.06. The van der Waals surface area contributed by atoms with Crippen molar-refractivity contribution < 1.29 is 9.59 Å². The van der Waals surface area contributed by atoms with E-state index in [0.717, 1.165) is 25.8 Å². The Labute approximate surface area is 97.6 Å². The Morgan fingerprint density at radius 3 is 2.25 bits per heavy atom. The fourth-order valence-corrected chi connectivity index (χ4v) is 1.62. The lowest BCUT2D eigenvalue weighted by molar-refractivity contribution is -0.130. The van der Waals surface area contributed by atoms with Crippen LogP contribution in [-0.2, 0) is 9.59 Å². The van der Waals surface area contributed by atoms with Gasteiger partial charge in [0.2, 0.25) is 5.91 Å². The second-order valence-electron chi connectivity index (χ2n) is 4.74. The van der Waals surface area contributed by atoms with E-state index in [9.17, 15) is 9.59 Å². The van der Waals surface area contributed by atoms with Crippen molar-refractivity contribution in [2.24, 2.45) is 5.92 Å². The number of Topliss-reactive ketones (excluding diaryl/α,β-unsaturated/α-hetero) is 1. The van der Waals surface area contributed by atoms with Crippen LogP contribution < -0.4 is 0 Å². The van der Waals surface area contributed by atoms with E-state index in [1.54, 1.807) is 19.0 Å². The van der Waals surface area contributed by atoms with Gasteiger partial charge in [-0.1, -0.05) is 6.92 Å². The summed E-state index contributed by atoms with van der Waals surface area (Å²) < 4.78 is 0. The van der Waals surface area contributed by atoms with Crippen molar-refractivity contribution in [2.75, 3.05) is 33.7 Å². The van der Waals surface area contributed by atoms with Crippen molar-refractivity contribution in [1.29, 1.82) is 0 Å². The average Bonchev–Trinajstić information content (AvgIpc) is 3.00. The fourth-order valence-electron chi connectivity index (χ4n) is 1.62. The molecule has 0 aromatic heterocycles. The predicted molar refractivity (Wildman–Crippen MR) is 63.2 cm³/mol. The Hall–Kier alpha value is -0.900. The minimum Gasteiger partial charge on any atom is -0.348 e. The first kappa shape index (κ1) is 13.2. The van der Waals surface area contributed by atoms with Gasteiger partial charge in [-0.25, -0.2) is 0 Å². The zero-order chi connectivity index (χ0) is 12.1. The van der Waals surface area contributed by atoms with Crippen molar-refractivity contribution in [1.82, 2.24) is 9.80 Å². The Balaban J connectivity index is 2.39. The standard InChI is InChI=1S/C12H22N2O2/c1-4-7-14(9-12(16)13(2)3)8-11(15)10-5-6-10/h10H,4-9H2,1-3H3. The summed E-state index contributed by atoms with van der Waals surface area (Å²) in [6, 6.07) is 0. The van der Waals surface area contributed by atoms with Gasteiger partial charge < -0.3 is 4.90 Å². The predicted octanol–water partition coefficient (Wildman–Crippen LogP) is 0.766. The molecule has 1 fully saturated rings. The molecular weight excluding hydrogens is 204 g/mol. The van der Waals surface area contributed by atoms with Gasteiger partial charge in [0, 0.05) is 20.0 Å². The van der Waals surface area contributed by atoms with Crippen LogP contribution in [-0.4, -0.2) is 55.2 Å². The lowest BCUT2D eigenvalue weighted by atomic mass is 10.2. The van der Waals surface area contributed by atoms with E-state index in [1.807, 2.05) is 4.90 Å². The number of likely N-dealkylation sites (N-methyl/N-ethyl adjacent to an activating group) is 1. The maximum Gasteiger partial charge on any atom is 0.236 e. The second-order valence-corrected chi connectivity index (χ2v) is 4.74. The van der Waals surface area contributed by atoms with Crippen LogP contribution in [0.2, 0.25) is 0 Å². The van der Waals surface area contributed by atoms with Crippen molar-refractivity contribution in [3.8, 4) is 0 Å². The topological polar surface area (TPSA) is 40.6 Å². The number of carbonyl (C=O) groups is 2. The van der Waals surface area contributed by atoms with Crippen molar-refractivity contribution in [3.05, 3.63) is 0 Å². The highest BCUT2D eigenvalue weighted by molar-refractivity contribution is 5.85. The SMILES string of the molecule is CCCN(CC(=O)C1CC1)CC(=O)N(C)C. The van der Waals surface area contributed by atoms with Gasteiger partial charge in [0.05, 0.1) is 13.1 Å². The highest BCUT2D eigenvalue weighted by atomic mass is 16.2. The number of hydrogen-bond acceptors (Lipinski definition) is 3. The highest BCUT2D eigenvalue weighted by Gasteiger charge is 2.30. The molecule has 0 aromatic carbocycles. The molecule has 0 spiro atoms. The van der Waals surface area contributed by atoms with Gasteiger partial charge in [0.25, 0.3) is 0 Å². The molecule has 4 nitrogen and oxygen atoms in total. The molecule has 0 unspecified atom stereocenters. The number of amides is 1. The molecule has 0 bridgehead atoms. The number of ketones is 1. The molecule has 4 heteroatoms. The Bertz CT molecular complexity index is 244. The quantitative estimate of drug-likeness (QED) is 0.643. The van der Waals surface area contributed by atoms with Crippen LogP contribution in [0.25, 0.3) is 0 Å². The van der Waals surface area contributed by atoms with Crippen molar-refractivity contribution in [2.45, 2.75) is 26.2 Å². The zero-order valence-electron chi connectivity index (χ0n) is 10.5. The molecule has 0 aromatic rings. The fraction of sp³-hybridized carbons (Fsp3) is 0.833. The van der Waals surface area contributed by atoms with Gasteiger partial charge >= 0.3 is 0 Å². The zero-order valence-corrected chi connectivity index (χ0v) is 10.5. The van der Waals surface area contributed by atoms with Crippen LogP contribution in [0, 0.1) is 5.92 Å². The minimum absolute atomic E-state index is 0.0667. The van der Waals surface area contributed by atoms with Gasteiger partial charge in [0.15, 0.2) is 0 Å². The van der Waals surface area contributed by atoms with E-state index in [4.69, 9.17) is 0 Å². The van der Waals surface area contributed by atoms with Crippen LogP contribution in [0.15, 0.2) is 0 Å². The number of rotatable bonds is 7. The molecule has 1 aliphatic carbocycles. The summed E-state index contributed by atoms with van der Waals surface area (Å²) >= 11 is 0. The third kappa shape index (κ3) is 4.31. The molecule has 0 radical (unpaired) electrons. The summed E-state index contributed by atoms with van der Waals surface area (Å²) in [5.74, 6) is 0.658. The maximum atomic E-state index is 11.7. The Kier molecular flexibility index (Phi) is 4.93. The van der Waals surface area contributed by atoms with Crippen molar-refractivity contribution >= 4 is 11.7 Å². The third-order valence-electron chi connectivity index (χ3n) is 2.81. The molecule has 0 heterocycles. The van der Waals surface area contributed by atoms with Crippen LogP contribution in [0.1, 0.15) is 26.2 Å². The van der Waals surface area contributed by atoms with Gasteiger partial charge in [-0.2, -0.15) is 0 Å². The first-order valence-corrected chi connectivity index (χ1v) is 5.99. The van der Waals surface area contributed by atoms with Crippen LogP contribution >= 0.6 is 0 Å². The van der Waals surface area contributed by atoms with Crippen LogP contribution in [0.4, 0.5) is 0 Å². The lowest BCUT2D eigenvalue weighted by Crippen LogP contribution is -2.40. The second kappa shape index (κ2) is 5.99. The Morgan fingerprint density at radius 1 is 1.19 bits per heavy atom. The molecule has 0 atom stereocenters. The van der Waals surface area contributed by atoms with Gasteiger partial charge in [0.1, 0.15) is 5.78 Å². The number of nitrogens with zero attached hydrogens (tertiary/aromatic N) is 2. The molecule has 92 valence electrons. The summed E-state index contributed by atoms with van der Waals surface area (Å²) in [5, 5.41) is 0. The molecule has 0 aliphatic heterocycles. The van der Waals surface area contributed by atoms with Gasteiger partial charge in [-0.15, -0.1) is 0 Å². The summed E-state index contributed by atoms with van der Waals surface area (Å²) in [5.41, 5.74) is 0. The van der Waals surface area contributed by atoms with E-state index < -0.39 is 0 Å². The molecule has 0 saturated heterocycles.